The molecule has 1 aliphatic rings. The van der Waals surface area contributed by atoms with E-state index in [2.05, 4.69) is 10.2 Å². The highest BCUT2D eigenvalue weighted by Gasteiger charge is 2.22. The Kier molecular flexibility index (Phi) is 7.19. The number of anilines is 2. The predicted octanol–water partition coefficient (Wildman–Crippen LogP) is 4.72. The second kappa shape index (κ2) is 10.0. The fourth-order valence-corrected chi connectivity index (χ4v) is 3.65. The van der Waals surface area contributed by atoms with Gasteiger partial charge in [0.25, 0.3) is 5.91 Å². The summed E-state index contributed by atoms with van der Waals surface area (Å²) in [6.45, 7) is 5.84. The van der Waals surface area contributed by atoms with E-state index in [1.54, 1.807) is 0 Å². The summed E-state index contributed by atoms with van der Waals surface area (Å²) in [5.41, 5.74) is 2.19. The molecule has 0 aliphatic carbocycles. The molecule has 5 nitrogen and oxygen atoms in total. The van der Waals surface area contributed by atoms with Crippen LogP contribution in [0.1, 0.15) is 37.0 Å². The Bertz CT molecular complexity index is 943. The van der Waals surface area contributed by atoms with E-state index in [1.807, 2.05) is 74.5 Å². The van der Waals surface area contributed by atoms with Crippen molar-refractivity contribution in [3.05, 3.63) is 66.2 Å². The largest absolute Gasteiger partial charge is 0.396 e. The van der Waals surface area contributed by atoms with Crippen molar-refractivity contribution in [2.45, 2.75) is 26.7 Å². The summed E-state index contributed by atoms with van der Waals surface area (Å²) in [5, 5.41) is 13.3. The van der Waals surface area contributed by atoms with Gasteiger partial charge in [0.1, 0.15) is 5.82 Å². The van der Waals surface area contributed by atoms with E-state index in [0.717, 1.165) is 48.3 Å². The molecule has 0 spiro atoms. The van der Waals surface area contributed by atoms with E-state index in [9.17, 15) is 9.90 Å². The zero-order valence-electron chi connectivity index (χ0n) is 17.1. The number of benzene rings is 2. The molecule has 1 fully saturated rings. The van der Waals surface area contributed by atoms with Crippen LogP contribution in [0.25, 0.3) is 10.9 Å². The molecule has 1 atom stereocenters. The number of amides is 1. The Morgan fingerprint density at radius 1 is 1.14 bits per heavy atom. The molecule has 1 saturated heterocycles. The first-order chi connectivity index (χ1) is 14.2. The number of carbonyl (C=O) groups excluding carboxylic acids is 1. The van der Waals surface area contributed by atoms with Crippen LogP contribution in [0.3, 0.4) is 0 Å². The highest BCUT2D eigenvalue weighted by atomic mass is 16.3. The van der Waals surface area contributed by atoms with Gasteiger partial charge in [0, 0.05) is 30.8 Å². The maximum Gasteiger partial charge on any atom is 0.256 e. The zero-order chi connectivity index (χ0) is 20.6. The average Bonchev–Trinajstić information content (AvgIpc) is 2.80. The molecule has 0 radical (unpaired) electrons. The summed E-state index contributed by atoms with van der Waals surface area (Å²) in [7, 11) is 0. The number of fused-ring (bicyclic) bond motifs is 1. The predicted molar refractivity (Wildman–Crippen MR) is 120 cm³/mol. The van der Waals surface area contributed by atoms with Crippen LogP contribution in [-0.4, -0.2) is 35.7 Å². The zero-order valence-corrected chi connectivity index (χ0v) is 17.1. The lowest BCUT2D eigenvalue weighted by molar-refractivity contribution is 0.102. The molecule has 5 heteroatoms. The number of nitrogens with zero attached hydrogens (tertiary/aromatic N) is 2. The molecule has 2 N–H and O–H groups in total. The van der Waals surface area contributed by atoms with Crippen LogP contribution in [0.4, 0.5) is 11.5 Å². The number of aliphatic hydroxyl groups excluding tert-OH is 1. The van der Waals surface area contributed by atoms with Crippen LogP contribution in [0.15, 0.2) is 60.7 Å². The van der Waals surface area contributed by atoms with Crippen molar-refractivity contribution in [3.63, 3.8) is 0 Å². The minimum absolute atomic E-state index is 0.142. The van der Waals surface area contributed by atoms with Crippen molar-refractivity contribution in [2.24, 2.45) is 5.92 Å². The normalized spacial score (nSPS) is 16.1. The lowest BCUT2D eigenvalue weighted by Gasteiger charge is -2.33. The van der Waals surface area contributed by atoms with Gasteiger partial charge in [-0.3, -0.25) is 4.79 Å². The van der Waals surface area contributed by atoms with E-state index < -0.39 is 0 Å². The Morgan fingerprint density at radius 2 is 1.86 bits per heavy atom. The molecule has 1 unspecified atom stereocenters. The summed E-state index contributed by atoms with van der Waals surface area (Å²) in [5.74, 6) is 0.912. The minimum atomic E-state index is -0.142. The summed E-state index contributed by atoms with van der Waals surface area (Å²) < 4.78 is 0. The summed E-state index contributed by atoms with van der Waals surface area (Å²) in [6.07, 6.45) is 2.05. The molecule has 1 aliphatic heterocycles. The smallest absolute Gasteiger partial charge is 0.256 e. The fourth-order valence-electron chi connectivity index (χ4n) is 3.65. The Hall–Kier alpha value is -2.92. The summed E-state index contributed by atoms with van der Waals surface area (Å²) >= 11 is 0. The van der Waals surface area contributed by atoms with Gasteiger partial charge in [-0.15, -0.1) is 0 Å². The van der Waals surface area contributed by atoms with Crippen molar-refractivity contribution in [1.82, 2.24) is 4.98 Å². The Balaban J connectivity index is 0.00000117. The van der Waals surface area contributed by atoms with Crippen molar-refractivity contribution < 1.29 is 9.90 Å². The third-order valence-corrected chi connectivity index (χ3v) is 5.08. The van der Waals surface area contributed by atoms with E-state index in [0.29, 0.717) is 5.56 Å². The molecule has 1 aromatic heterocycles. The first kappa shape index (κ1) is 20.8. The van der Waals surface area contributed by atoms with Gasteiger partial charge in [0.2, 0.25) is 0 Å². The third kappa shape index (κ3) is 4.93. The van der Waals surface area contributed by atoms with E-state index >= 15 is 0 Å². The third-order valence-electron chi connectivity index (χ3n) is 5.08. The highest BCUT2D eigenvalue weighted by molar-refractivity contribution is 6.13. The molecular weight excluding hydrogens is 362 g/mol. The molecule has 1 amide bonds. The van der Waals surface area contributed by atoms with Gasteiger partial charge in [-0.2, -0.15) is 0 Å². The quantitative estimate of drug-likeness (QED) is 0.675. The van der Waals surface area contributed by atoms with Gasteiger partial charge < -0.3 is 15.3 Å². The topological polar surface area (TPSA) is 65.5 Å². The van der Waals surface area contributed by atoms with Crippen LogP contribution < -0.4 is 10.2 Å². The van der Waals surface area contributed by atoms with Crippen LogP contribution in [-0.2, 0) is 0 Å². The molecule has 152 valence electrons. The molecule has 3 aromatic rings. The number of para-hydroxylation sites is 2. The van der Waals surface area contributed by atoms with Gasteiger partial charge in [0.05, 0.1) is 11.1 Å². The van der Waals surface area contributed by atoms with E-state index in [-0.39, 0.29) is 18.4 Å². The van der Waals surface area contributed by atoms with Crippen LogP contribution in [0, 0.1) is 5.92 Å². The highest BCUT2D eigenvalue weighted by Crippen LogP contribution is 2.27. The number of aromatic nitrogens is 1. The van der Waals surface area contributed by atoms with Gasteiger partial charge >= 0.3 is 0 Å². The first-order valence-electron chi connectivity index (χ1n) is 10.4. The number of hydrogen-bond donors (Lipinski definition) is 2. The van der Waals surface area contributed by atoms with Crippen LogP contribution in [0.2, 0.25) is 0 Å². The summed E-state index contributed by atoms with van der Waals surface area (Å²) in [6, 6.07) is 19.1. The maximum absolute atomic E-state index is 13.0. The molecule has 2 aromatic carbocycles. The number of hydrogen-bond acceptors (Lipinski definition) is 4. The molecule has 0 saturated carbocycles. The number of nitrogens with one attached hydrogen (secondary N) is 1. The summed E-state index contributed by atoms with van der Waals surface area (Å²) in [4.78, 5) is 19.9. The van der Waals surface area contributed by atoms with Crippen molar-refractivity contribution in [3.8, 4) is 0 Å². The van der Waals surface area contributed by atoms with Crippen molar-refractivity contribution in [1.29, 1.82) is 0 Å². The number of pyridine rings is 1. The first-order valence-corrected chi connectivity index (χ1v) is 10.4. The lowest BCUT2D eigenvalue weighted by atomic mass is 9.98. The van der Waals surface area contributed by atoms with Crippen molar-refractivity contribution >= 4 is 28.3 Å². The van der Waals surface area contributed by atoms with Gasteiger partial charge in [0.15, 0.2) is 0 Å². The number of piperidine rings is 1. The second-order valence-corrected chi connectivity index (χ2v) is 7.00. The molecule has 4 rings (SSSR count). The second-order valence-electron chi connectivity index (χ2n) is 7.00. The average molecular weight is 392 g/mol. The van der Waals surface area contributed by atoms with Crippen LogP contribution in [0.5, 0.6) is 0 Å². The Morgan fingerprint density at radius 3 is 2.62 bits per heavy atom. The maximum atomic E-state index is 13.0. The fraction of sp³-hybridized carbons (Fsp3) is 0.333. The number of aliphatic hydroxyl groups is 1. The molecule has 0 bridgehead atoms. The standard InChI is InChI=1S/C22H23N3O2.C2H6/c26-15-16-7-6-12-25(14-16)21-13-19(18-10-4-5-11-20(18)24-21)22(27)23-17-8-2-1-3-9-17;1-2/h1-5,8-11,13,16,26H,6-7,12,14-15H2,(H,23,27);1-2H3. The van der Waals surface area contributed by atoms with E-state index in [4.69, 9.17) is 4.98 Å². The number of rotatable bonds is 4. The monoisotopic (exact) mass is 391 g/mol. The SMILES string of the molecule is CC.O=C(Nc1ccccc1)c1cc(N2CCCC(CO)C2)nc2ccccc12. The Labute approximate surface area is 172 Å². The van der Waals surface area contributed by atoms with Crippen LogP contribution >= 0.6 is 0 Å². The minimum Gasteiger partial charge on any atom is -0.396 e. The molecule has 2 heterocycles. The van der Waals surface area contributed by atoms with Gasteiger partial charge in [-0.25, -0.2) is 4.98 Å². The number of carbonyl (C=O) groups is 1. The van der Waals surface area contributed by atoms with Gasteiger partial charge in [-0.1, -0.05) is 50.2 Å². The van der Waals surface area contributed by atoms with Crippen molar-refractivity contribution in [2.75, 3.05) is 29.9 Å². The lowest BCUT2D eigenvalue weighted by Crippen LogP contribution is -2.37. The molecular formula is C24H29N3O2. The van der Waals surface area contributed by atoms with Gasteiger partial charge in [-0.05, 0) is 43.0 Å². The molecule has 29 heavy (non-hydrogen) atoms. The van der Waals surface area contributed by atoms with E-state index in [1.165, 1.54) is 0 Å².